The number of hydrogen-bond acceptors (Lipinski definition) is 3. The van der Waals surface area contributed by atoms with Gasteiger partial charge >= 0.3 is 5.97 Å². The Labute approximate surface area is 194 Å². The van der Waals surface area contributed by atoms with Crippen molar-refractivity contribution in [2.45, 2.75) is 6.92 Å². The summed E-state index contributed by atoms with van der Waals surface area (Å²) in [5.41, 5.74) is 5.80. The van der Waals surface area contributed by atoms with Gasteiger partial charge in [0, 0.05) is 22.6 Å². The number of nitrogens with zero attached hydrogens (tertiary/aromatic N) is 1. The van der Waals surface area contributed by atoms with E-state index in [1.54, 1.807) is 19.1 Å². The Bertz CT molecular complexity index is 1200. The van der Waals surface area contributed by atoms with Gasteiger partial charge in [0.25, 0.3) is 0 Å². The summed E-state index contributed by atoms with van der Waals surface area (Å²) in [5.74, 6) is 0.0878. The highest BCUT2D eigenvalue weighted by molar-refractivity contribution is 5.88. The Morgan fingerprint density at radius 3 is 1.55 bits per heavy atom. The Morgan fingerprint density at radius 2 is 1.09 bits per heavy atom. The van der Waals surface area contributed by atoms with Crippen LogP contribution in [0, 0.1) is 0 Å². The van der Waals surface area contributed by atoms with Gasteiger partial charge in [0.1, 0.15) is 5.75 Å². The lowest BCUT2D eigenvalue weighted by Gasteiger charge is -2.25. The number of rotatable bonds is 7. The quantitative estimate of drug-likeness (QED) is 0.129. The van der Waals surface area contributed by atoms with E-state index in [9.17, 15) is 4.79 Å². The molecule has 0 N–H and O–H groups in total. The van der Waals surface area contributed by atoms with E-state index in [1.165, 1.54) is 0 Å². The number of carbonyl (C=O) groups is 1. The van der Waals surface area contributed by atoms with Crippen molar-refractivity contribution in [2.75, 3.05) is 4.90 Å². The van der Waals surface area contributed by atoms with Crippen molar-refractivity contribution in [2.24, 2.45) is 0 Å². The van der Waals surface area contributed by atoms with Gasteiger partial charge in [-0.05, 0) is 66.6 Å². The fourth-order valence-corrected chi connectivity index (χ4v) is 3.37. The van der Waals surface area contributed by atoms with Crippen molar-refractivity contribution < 1.29 is 9.53 Å². The highest BCUT2D eigenvalue weighted by Crippen LogP contribution is 2.34. The summed E-state index contributed by atoms with van der Waals surface area (Å²) in [6, 6.07) is 36.5. The maximum Gasteiger partial charge on any atom is 0.338 e. The molecule has 4 aromatic carbocycles. The van der Waals surface area contributed by atoms with E-state index in [1.807, 2.05) is 54.6 Å². The van der Waals surface area contributed by atoms with Gasteiger partial charge in [-0.15, -0.1) is 0 Å². The maximum absolute atomic E-state index is 11.6. The van der Waals surface area contributed by atoms with E-state index >= 15 is 0 Å². The molecule has 0 saturated heterocycles. The lowest BCUT2D eigenvalue weighted by molar-refractivity contribution is -0.130. The lowest BCUT2D eigenvalue weighted by atomic mass is 10.1. The minimum Gasteiger partial charge on any atom is -0.423 e. The Balaban J connectivity index is 1.51. The van der Waals surface area contributed by atoms with Gasteiger partial charge in [-0.3, -0.25) is 0 Å². The van der Waals surface area contributed by atoms with Crippen LogP contribution in [0.3, 0.4) is 0 Å². The van der Waals surface area contributed by atoms with Crippen LogP contribution in [0.4, 0.5) is 17.1 Å². The van der Waals surface area contributed by atoms with E-state index in [2.05, 4.69) is 66.1 Å². The monoisotopic (exact) mass is 431 g/mol. The first-order valence-electron chi connectivity index (χ1n) is 10.8. The van der Waals surface area contributed by atoms with Crippen LogP contribution in [0.25, 0.3) is 12.2 Å². The van der Waals surface area contributed by atoms with Crippen LogP contribution < -0.4 is 9.64 Å². The summed E-state index contributed by atoms with van der Waals surface area (Å²) < 4.78 is 5.23. The zero-order chi connectivity index (χ0) is 23.0. The topological polar surface area (TPSA) is 29.5 Å². The highest BCUT2D eigenvalue weighted by Gasteiger charge is 2.11. The molecule has 3 nitrogen and oxygen atoms in total. The zero-order valence-electron chi connectivity index (χ0n) is 18.5. The number of esters is 1. The molecule has 0 amide bonds. The van der Waals surface area contributed by atoms with Crippen LogP contribution in [-0.2, 0) is 4.79 Å². The minimum absolute atomic E-state index is 0.375. The van der Waals surface area contributed by atoms with Crippen molar-refractivity contribution in [3.05, 3.63) is 132 Å². The number of hydrogen-bond donors (Lipinski definition) is 0. The van der Waals surface area contributed by atoms with Crippen LogP contribution in [0.15, 0.2) is 121 Å². The summed E-state index contributed by atoms with van der Waals surface area (Å²) in [5, 5.41) is 0. The Morgan fingerprint density at radius 1 is 0.667 bits per heavy atom. The minimum atomic E-state index is -0.418. The second kappa shape index (κ2) is 10.3. The molecule has 0 aliphatic carbocycles. The van der Waals surface area contributed by atoms with Crippen LogP contribution in [0.2, 0.25) is 0 Å². The van der Waals surface area contributed by atoms with Gasteiger partial charge in [-0.2, -0.15) is 0 Å². The van der Waals surface area contributed by atoms with Crippen molar-refractivity contribution in [1.29, 1.82) is 0 Å². The molecule has 0 spiro atoms. The van der Waals surface area contributed by atoms with E-state index < -0.39 is 5.97 Å². The highest BCUT2D eigenvalue weighted by atomic mass is 16.5. The summed E-state index contributed by atoms with van der Waals surface area (Å²) in [7, 11) is 0. The number of anilines is 3. The Kier molecular flexibility index (Phi) is 6.81. The molecule has 0 unspecified atom stereocenters. The SMILES string of the molecule is C=C(C)C(=O)Oc1ccc(C=Cc2ccc(N(c3ccccc3)c3ccccc3)cc2)cc1. The maximum atomic E-state index is 11.6. The third-order valence-electron chi connectivity index (χ3n) is 5.09. The average molecular weight is 432 g/mol. The van der Waals surface area contributed by atoms with Gasteiger partial charge in [0.15, 0.2) is 0 Å². The molecular weight excluding hydrogens is 406 g/mol. The molecule has 0 atom stereocenters. The van der Waals surface area contributed by atoms with Crippen LogP contribution in [-0.4, -0.2) is 5.97 Å². The average Bonchev–Trinajstić information content (AvgIpc) is 2.86. The molecular formula is C30H25NO2. The van der Waals surface area contributed by atoms with Gasteiger partial charge in [-0.25, -0.2) is 4.79 Å². The Hall–Kier alpha value is -4.37. The molecule has 0 heterocycles. The van der Waals surface area contributed by atoms with Crippen molar-refractivity contribution in [3.63, 3.8) is 0 Å². The summed E-state index contributed by atoms with van der Waals surface area (Å²) in [6.07, 6.45) is 4.10. The smallest absolute Gasteiger partial charge is 0.338 e. The van der Waals surface area contributed by atoms with E-state index in [0.29, 0.717) is 11.3 Å². The van der Waals surface area contributed by atoms with Crippen molar-refractivity contribution in [1.82, 2.24) is 0 Å². The number of ether oxygens (including phenoxy) is 1. The fourth-order valence-electron chi connectivity index (χ4n) is 3.37. The lowest BCUT2D eigenvalue weighted by Crippen LogP contribution is -2.09. The normalized spacial score (nSPS) is 10.7. The fraction of sp³-hybridized carbons (Fsp3) is 0.0333. The first-order chi connectivity index (χ1) is 16.1. The standard InChI is InChI=1S/C30H25NO2/c1-23(2)30(32)33-29-21-17-25(18-22-29)14-13-24-15-19-28(20-16-24)31(26-9-5-3-6-10-26)27-11-7-4-8-12-27/h3-22H,1H2,2H3. The van der Waals surface area contributed by atoms with E-state index in [4.69, 9.17) is 4.74 Å². The predicted molar refractivity (Wildman–Crippen MR) is 137 cm³/mol. The molecule has 0 aromatic heterocycles. The third kappa shape index (κ3) is 5.66. The van der Waals surface area contributed by atoms with Crippen LogP contribution >= 0.6 is 0 Å². The first-order valence-corrected chi connectivity index (χ1v) is 10.8. The van der Waals surface area contributed by atoms with Crippen molar-refractivity contribution >= 4 is 35.2 Å². The van der Waals surface area contributed by atoms with Gasteiger partial charge in [-0.1, -0.05) is 79.4 Å². The number of carbonyl (C=O) groups excluding carboxylic acids is 1. The molecule has 3 heteroatoms. The molecule has 0 aliphatic rings. The summed E-state index contributed by atoms with van der Waals surface area (Å²) >= 11 is 0. The molecule has 4 aromatic rings. The molecule has 162 valence electrons. The zero-order valence-corrected chi connectivity index (χ0v) is 18.5. The van der Waals surface area contributed by atoms with Gasteiger partial charge < -0.3 is 9.64 Å². The molecule has 0 bridgehead atoms. The second-order valence-corrected chi connectivity index (χ2v) is 7.67. The third-order valence-corrected chi connectivity index (χ3v) is 5.09. The largest absolute Gasteiger partial charge is 0.423 e. The number of benzene rings is 4. The van der Waals surface area contributed by atoms with E-state index in [0.717, 1.165) is 28.2 Å². The van der Waals surface area contributed by atoms with Crippen LogP contribution in [0.5, 0.6) is 5.75 Å². The van der Waals surface area contributed by atoms with Crippen LogP contribution in [0.1, 0.15) is 18.1 Å². The summed E-state index contributed by atoms with van der Waals surface area (Å²) in [4.78, 5) is 13.9. The molecule has 33 heavy (non-hydrogen) atoms. The van der Waals surface area contributed by atoms with Gasteiger partial charge in [0.2, 0.25) is 0 Å². The van der Waals surface area contributed by atoms with Gasteiger partial charge in [0.05, 0.1) is 0 Å². The predicted octanol–water partition coefficient (Wildman–Crippen LogP) is 7.81. The second-order valence-electron chi connectivity index (χ2n) is 7.67. The summed E-state index contributed by atoms with van der Waals surface area (Å²) in [6.45, 7) is 5.22. The van der Waals surface area contributed by atoms with Crippen molar-refractivity contribution in [3.8, 4) is 5.75 Å². The molecule has 0 saturated carbocycles. The molecule has 0 fully saturated rings. The molecule has 0 aliphatic heterocycles. The number of para-hydroxylation sites is 2. The first kappa shape index (κ1) is 21.8. The van der Waals surface area contributed by atoms with E-state index in [-0.39, 0.29) is 0 Å². The molecule has 4 rings (SSSR count). The molecule has 0 radical (unpaired) electrons.